The first-order chi connectivity index (χ1) is 14.5. The summed E-state index contributed by atoms with van der Waals surface area (Å²) in [5.74, 6) is 0.494. The van der Waals surface area contributed by atoms with Gasteiger partial charge in [0, 0.05) is 41.7 Å². The molecule has 6 nitrogen and oxygen atoms in total. The molecule has 1 unspecified atom stereocenters. The van der Waals surface area contributed by atoms with Crippen LogP contribution >= 0.6 is 11.6 Å². The van der Waals surface area contributed by atoms with E-state index in [0.29, 0.717) is 36.1 Å². The Hall–Kier alpha value is -2.87. The molecule has 0 saturated heterocycles. The summed E-state index contributed by atoms with van der Waals surface area (Å²) in [6.07, 6.45) is 0.365. The predicted octanol–water partition coefficient (Wildman–Crippen LogP) is 4.12. The largest absolute Gasteiger partial charge is 0.434 e. The van der Waals surface area contributed by atoms with Gasteiger partial charge in [0.1, 0.15) is 5.75 Å². The summed E-state index contributed by atoms with van der Waals surface area (Å²) >= 11 is 5.99. The Morgan fingerprint density at radius 1 is 1.30 bits per heavy atom. The van der Waals surface area contributed by atoms with Crippen molar-refractivity contribution in [3.05, 3.63) is 58.6 Å². The van der Waals surface area contributed by atoms with Gasteiger partial charge in [-0.15, -0.1) is 0 Å². The first-order valence-electron chi connectivity index (χ1n) is 9.60. The molecule has 1 heterocycles. The zero-order valence-corrected chi connectivity index (χ0v) is 17.2. The number of fused-ring (bicyclic) bond motifs is 1. The fourth-order valence-corrected chi connectivity index (χ4v) is 3.49. The van der Waals surface area contributed by atoms with E-state index < -0.39 is 6.61 Å². The van der Waals surface area contributed by atoms with Crippen LogP contribution in [-0.4, -0.2) is 31.6 Å². The quantitative estimate of drug-likeness (QED) is 0.451. The van der Waals surface area contributed by atoms with Crippen LogP contribution < -0.4 is 20.7 Å². The zero-order chi connectivity index (χ0) is 21.5. The number of benzene rings is 2. The molecule has 1 atom stereocenters. The van der Waals surface area contributed by atoms with Crippen LogP contribution in [0.25, 0.3) is 0 Å². The van der Waals surface area contributed by atoms with Crippen LogP contribution in [0.2, 0.25) is 5.02 Å². The number of guanidine groups is 1. The van der Waals surface area contributed by atoms with Crippen molar-refractivity contribution in [2.24, 2.45) is 4.99 Å². The molecular weight excluding hydrogens is 414 g/mol. The first kappa shape index (κ1) is 21.8. The second-order valence-electron chi connectivity index (χ2n) is 6.74. The summed E-state index contributed by atoms with van der Waals surface area (Å²) in [5, 5.41) is 9.64. The van der Waals surface area contributed by atoms with Crippen LogP contribution in [0.4, 0.5) is 14.5 Å². The minimum atomic E-state index is -2.93. The molecular formula is C21H23ClF2N4O2. The molecule has 3 N–H and O–H groups in total. The van der Waals surface area contributed by atoms with Crippen molar-refractivity contribution >= 4 is 29.2 Å². The van der Waals surface area contributed by atoms with E-state index in [1.54, 1.807) is 6.07 Å². The van der Waals surface area contributed by atoms with E-state index in [1.165, 1.54) is 12.1 Å². The van der Waals surface area contributed by atoms with Gasteiger partial charge in [0.05, 0.1) is 6.54 Å². The van der Waals surface area contributed by atoms with Gasteiger partial charge in [-0.2, -0.15) is 8.78 Å². The summed E-state index contributed by atoms with van der Waals surface area (Å²) in [5.41, 5.74) is 2.32. The molecule has 0 radical (unpaired) electrons. The number of carbonyl (C=O) groups is 1. The molecule has 160 valence electrons. The first-order valence-corrected chi connectivity index (χ1v) is 9.98. The lowest BCUT2D eigenvalue weighted by Crippen LogP contribution is -2.40. The average molecular weight is 437 g/mol. The maximum Gasteiger partial charge on any atom is 0.387 e. The van der Waals surface area contributed by atoms with Crippen LogP contribution in [0, 0.1) is 0 Å². The summed E-state index contributed by atoms with van der Waals surface area (Å²) in [4.78, 5) is 16.5. The number of rotatable bonds is 7. The van der Waals surface area contributed by atoms with Crippen molar-refractivity contribution in [2.45, 2.75) is 32.4 Å². The van der Waals surface area contributed by atoms with E-state index in [-0.39, 0.29) is 24.1 Å². The Balaban J connectivity index is 1.72. The van der Waals surface area contributed by atoms with Crippen molar-refractivity contribution in [3.8, 4) is 5.75 Å². The number of nitrogens with zero attached hydrogens (tertiary/aromatic N) is 1. The van der Waals surface area contributed by atoms with Gasteiger partial charge in [-0.3, -0.25) is 4.79 Å². The third-order valence-corrected chi connectivity index (χ3v) is 4.85. The highest BCUT2D eigenvalue weighted by Gasteiger charge is 2.24. The Morgan fingerprint density at radius 2 is 2.10 bits per heavy atom. The van der Waals surface area contributed by atoms with Crippen molar-refractivity contribution in [2.75, 3.05) is 18.4 Å². The Labute approximate surface area is 178 Å². The fourth-order valence-electron chi connectivity index (χ4n) is 3.29. The number of amides is 1. The number of halogens is 3. The molecule has 0 aromatic heterocycles. The maximum atomic E-state index is 12.7. The summed E-state index contributed by atoms with van der Waals surface area (Å²) in [7, 11) is 0. The SMILES string of the molecule is CCNC(=NCc1cc(Cl)ccc1OC(F)F)NCC1CC(=O)Nc2ccccc21. The molecule has 0 aliphatic carbocycles. The fraction of sp³-hybridized carbons (Fsp3) is 0.333. The van der Waals surface area contributed by atoms with E-state index >= 15 is 0 Å². The number of carbonyl (C=O) groups excluding carboxylic acids is 1. The van der Waals surface area contributed by atoms with E-state index in [9.17, 15) is 13.6 Å². The van der Waals surface area contributed by atoms with E-state index in [2.05, 4.69) is 25.7 Å². The smallest absolute Gasteiger partial charge is 0.387 e. The van der Waals surface area contributed by atoms with Gasteiger partial charge in [0.15, 0.2) is 5.96 Å². The minimum absolute atomic E-state index is 0.0114. The average Bonchev–Trinajstić information content (AvgIpc) is 2.71. The lowest BCUT2D eigenvalue weighted by atomic mass is 9.90. The highest BCUT2D eigenvalue weighted by Crippen LogP contribution is 2.31. The molecule has 1 amide bonds. The van der Waals surface area contributed by atoms with Gasteiger partial charge in [-0.1, -0.05) is 29.8 Å². The van der Waals surface area contributed by atoms with Gasteiger partial charge in [0.2, 0.25) is 5.91 Å². The standard InChI is InChI=1S/C21H23ClF2N4O2/c1-2-25-21(27-12-14-9-15(22)7-8-18(14)30-20(23)24)26-11-13-10-19(29)28-17-6-4-3-5-16(13)17/h3-9,13,20H,2,10-12H2,1H3,(H,28,29)(H2,25,26,27). The van der Waals surface area contributed by atoms with Gasteiger partial charge < -0.3 is 20.7 Å². The Bertz CT molecular complexity index is 924. The molecule has 0 bridgehead atoms. The van der Waals surface area contributed by atoms with Crippen molar-refractivity contribution in [1.82, 2.24) is 10.6 Å². The van der Waals surface area contributed by atoms with Crippen LogP contribution in [0.1, 0.15) is 30.4 Å². The number of nitrogens with one attached hydrogen (secondary N) is 3. The molecule has 2 aromatic carbocycles. The molecule has 0 spiro atoms. The molecule has 3 rings (SSSR count). The molecule has 0 fully saturated rings. The highest BCUT2D eigenvalue weighted by molar-refractivity contribution is 6.30. The van der Waals surface area contributed by atoms with Crippen molar-refractivity contribution in [1.29, 1.82) is 0 Å². The summed E-state index contributed by atoms with van der Waals surface area (Å²) < 4.78 is 29.9. The lowest BCUT2D eigenvalue weighted by Gasteiger charge is -2.26. The van der Waals surface area contributed by atoms with E-state index in [4.69, 9.17) is 11.6 Å². The number of aliphatic imine (C=N–C) groups is 1. The van der Waals surface area contributed by atoms with E-state index in [0.717, 1.165) is 11.3 Å². The Kier molecular flexibility index (Phi) is 7.46. The van der Waals surface area contributed by atoms with Crippen LogP contribution in [0.5, 0.6) is 5.75 Å². The lowest BCUT2D eigenvalue weighted by molar-refractivity contribution is -0.116. The number of hydrogen-bond donors (Lipinski definition) is 3. The minimum Gasteiger partial charge on any atom is -0.434 e. The van der Waals surface area contributed by atoms with Gasteiger partial charge in [0.25, 0.3) is 0 Å². The topological polar surface area (TPSA) is 74.8 Å². The maximum absolute atomic E-state index is 12.7. The van der Waals surface area contributed by atoms with Gasteiger partial charge in [-0.25, -0.2) is 4.99 Å². The summed E-state index contributed by atoms with van der Waals surface area (Å²) in [6, 6.07) is 12.1. The van der Waals surface area contributed by atoms with Crippen LogP contribution in [-0.2, 0) is 11.3 Å². The monoisotopic (exact) mass is 436 g/mol. The highest BCUT2D eigenvalue weighted by atomic mass is 35.5. The second kappa shape index (κ2) is 10.2. The normalized spacial score (nSPS) is 16.1. The molecule has 9 heteroatoms. The van der Waals surface area contributed by atoms with Crippen LogP contribution in [0.3, 0.4) is 0 Å². The number of anilines is 1. The number of alkyl halides is 2. The van der Waals surface area contributed by atoms with Crippen LogP contribution in [0.15, 0.2) is 47.5 Å². The third-order valence-electron chi connectivity index (χ3n) is 4.61. The predicted molar refractivity (Wildman–Crippen MR) is 113 cm³/mol. The zero-order valence-electron chi connectivity index (χ0n) is 16.4. The van der Waals surface area contributed by atoms with Crippen molar-refractivity contribution < 1.29 is 18.3 Å². The summed E-state index contributed by atoms with van der Waals surface area (Å²) in [6.45, 7) is 0.193. The van der Waals surface area contributed by atoms with Gasteiger partial charge >= 0.3 is 6.61 Å². The molecule has 1 aliphatic rings. The third kappa shape index (κ3) is 5.82. The molecule has 30 heavy (non-hydrogen) atoms. The van der Waals surface area contributed by atoms with Gasteiger partial charge in [-0.05, 0) is 36.8 Å². The number of hydrogen-bond acceptors (Lipinski definition) is 3. The Morgan fingerprint density at radius 3 is 2.87 bits per heavy atom. The van der Waals surface area contributed by atoms with E-state index in [1.807, 2.05) is 31.2 Å². The van der Waals surface area contributed by atoms with Crippen molar-refractivity contribution in [3.63, 3.8) is 0 Å². The number of ether oxygens (including phenoxy) is 1. The number of para-hydroxylation sites is 1. The second-order valence-corrected chi connectivity index (χ2v) is 7.18. The molecule has 0 saturated carbocycles. The molecule has 1 aliphatic heterocycles. The molecule has 2 aromatic rings.